The van der Waals surface area contributed by atoms with Crippen LogP contribution in [0.1, 0.15) is 19.5 Å². The third kappa shape index (κ3) is 2.65. The van der Waals surface area contributed by atoms with Crippen LogP contribution in [-0.2, 0) is 0 Å². The Morgan fingerprint density at radius 3 is 2.00 bits per heavy atom. The highest BCUT2D eigenvalue weighted by Gasteiger charge is 2.05. The van der Waals surface area contributed by atoms with Gasteiger partial charge in [0.05, 0.1) is 0 Å². The summed E-state index contributed by atoms with van der Waals surface area (Å²) in [6, 6.07) is 18.8. The Hall–Kier alpha value is -2.15. The van der Waals surface area contributed by atoms with Crippen LogP contribution >= 0.6 is 0 Å². The van der Waals surface area contributed by atoms with E-state index >= 15 is 0 Å². The van der Waals surface area contributed by atoms with E-state index < -0.39 is 0 Å². The van der Waals surface area contributed by atoms with Gasteiger partial charge in [0.1, 0.15) is 0 Å². The molecule has 0 aliphatic carbocycles. The number of hydrogen-bond acceptors (Lipinski definition) is 1. The molecule has 19 heavy (non-hydrogen) atoms. The van der Waals surface area contributed by atoms with Crippen molar-refractivity contribution >= 4 is 10.8 Å². The number of aryl methyl sites for hydroxylation is 1. The van der Waals surface area contributed by atoms with Crippen molar-refractivity contribution in [1.82, 2.24) is 4.98 Å². The Bertz CT molecular complexity index is 657. The maximum Gasteiger partial charge on any atom is 0.0451 e. The van der Waals surface area contributed by atoms with E-state index in [0.29, 0.717) is 0 Å². The lowest BCUT2D eigenvalue weighted by Crippen LogP contribution is -1.87. The van der Waals surface area contributed by atoms with E-state index in [4.69, 9.17) is 0 Å². The Kier molecular flexibility index (Phi) is 4.30. The van der Waals surface area contributed by atoms with Crippen LogP contribution in [0.4, 0.5) is 0 Å². The van der Waals surface area contributed by atoms with Gasteiger partial charge in [-0.25, -0.2) is 0 Å². The zero-order valence-electron chi connectivity index (χ0n) is 11.7. The molecule has 0 radical (unpaired) electrons. The zero-order valence-corrected chi connectivity index (χ0v) is 11.7. The van der Waals surface area contributed by atoms with Crippen LogP contribution in [0.25, 0.3) is 21.9 Å². The van der Waals surface area contributed by atoms with Crippen molar-refractivity contribution < 1.29 is 0 Å². The molecule has 0 spiro atoms. The first-order valence-corrected chi connectivity index (χ1v) is 6.76. The fourth-order valence-electron chi connectivity index (χ4n) is 2.18. The molecule has 3 aromatic rings. The number of nitrogens with zero attached hydrogens (tertiary/aromatic N) is 1. The van der Waals surface area contributed by atoms with Crippen LogP contribution in [0.5, 0.6) is 0 Å². The van der Waals surface area contributed by atoms with Gasteiger partial charge in [-0.15, -0.1) is 0 Å². The summed E-state index contributed by atoms with van der Waals surface area (Å²) < 4.78 is 0. The summed E-state index contributed by atoms with van der Waals surface area (Å²) in [6.45, 7) is 6.05. The molecule has 0 atom stereocenters. The fourth-order valence-corrected chi connectivity index (χ4v) is 2.18. The molecule has 3 rings (SSSR count). The van der Waals surface area contributed by atoms with Gasteiger partial charge in [0.2, 0.25) is 0 Å². The van der Waals surface area contributed by atoms with Gasteiger partial charge < -0.3 is 0 Å². The number of rotatable bonds is 1. The van der Waals surface area contributed by atoms with Crippen molar-refractivity contribution in [2.24, 2.45) is 0 Å². The normalized spacial score (nSPS) is 9.84. The first-order chi connectivity index (χ1) is 9.36. The van der Waals surface area contributed by atoms with Crippen molar-refractivity contribution in [1.29, 1.82) is 0 Å². The minimum atomic E-state index is 1.08. The second-order valence-electron chi connectivity index (χ2n) is 4.17. The average molecular weight is 249 g/mol. The molecule has 1 nitrogen and oxygen atoms in total. The van der Waals surface area contributed by atoms with E-state index in [0.717, 1.165) is 5.69 Å². The predicted molar refractivity (Wildman–Crippen MR) is 83.3 cm³/mol. The van der Waals surface area contributed by atoms with E-state index in [1.807, 2.05) is 26.1 Å². The van der Waals surface area contributed by atoms with E-state index in [1.54, 1.807) is 0 Å². The summed E-state index contributed by atoms with van der Waals surface area (Å²) in [7, 11) is 0. The highest BCUT2D eigenvalue weighted by atomic mass is 14.7. The summed E-state index contributed by atoms with van der Waals surface area (Å²) in [6.07, 6.45) is 1.97. The minimum absolute atomic E-state index is 1.08. The standard InChI is InChI=1S/C16H13N.C2H6/c1-12-14-9-5-6-10-15(14)16(11-17-12)13-7-3-2-4-8-13;1-2/h2-11H,1H3;1-2H3. The molecule has 0 amide bonds. The Balaban J connectivity index is 0.000000637. The first kappa shape index (κ1) is 13.3. The molecule has 1 heterocycles. The maximum absolute atomic E-state index is 4.48. The largest absolute Gasteiger partial charge is 0.260 e. The number of hydrogen-bond donors (Lipinski definition) is 0. The summed E-state index contributed by atoms with van der Waals surface area (Å²) in [5.74, 6) is 0. The molecular weight excluding hydrogens is 230 g/mol. The smallest absolute Gasteiger partial charge is 0.0451 e. The molecule has 0 fully saturated rings. The molecular formula is C18H19N. The van der Waals surface area contributed by atoms with E-state index in [2.05, 4.69) is 60.4 Å². The SMILES string of the molecule is CC.Cc1ncc(-c2ccccc2)c2ccccc12. The topological polar surface area (TPSA) is 12.9 Å². The molecule has 1 heteroatoms. The predicted octanol–water partition coefficient (Wildman–Crippen LogP) is 5.24. The quantitative estimate of drug-likeness (QED) is 0.575. The molecule has 0 bridgehead atoms. The second kappa shape index (κ2) is 6.14. The van der Waals surface area contributed by atoms with Gasteiger partial charge in [-0.05, 0) is 17.9 Å². The van der Waals surface area contributed by atoms with Crippen LogP contribution in [0.3, 0.4) is 0 Å². The van der Waals surface area contributed by atoms with Gasteiger partial charge in [0.15, 0.2) is 0 Å². The van der Waals surface area contributed by atoms with Crippen molar-refractivity contribution in [3.05, 3.63) is 66.5 Å². The van der Waals surface area contributed by atoms with Crippen molar-refractivity contribution in [3.8, 4) is 11.1 Å². The third-order valence-electron chi connectivity index (χ3n) is 3.08. The van der Waals surface area contributed by atoms with Gasteiger partial charge in [-0.1, -0.05) is 68.4 Å². The lowest BCUT2D eigenvalue weighted by molar-refractivity contribution is 1.24. The molecule has 0 aliphatic rings. The zero-order chi connectivity index (χ0) is 13.7. The van der Waals surface area contributed by atoms with Crippen molar-refractivity contribution in [2.45, 2.75) is 20.8 Å². The van der Waals surface area contributed by atoms with Gasteiger partial charge in [-0.2, -0.15) is 0 Å². The molecule has 1 aromatic heterocycles. The first-order valence-electron chi connectivity index (χ1n) is 6.76. The molecule has 0 saturated carbocycles. The fraction of sp³-hybridized carbons (Fsp3) is 0.167. The maximum atomic E-state index is 4.48. The molecule has 0 unspecified atom stereocenters. The van der Waals surface area contributed by atoms with Crippen molar-refractivity contribution in [2.75, 3.05) is 0 Å². The number of aromatic nitrogens is 1. The second-order valence-corrected chi connectivity index (χ2v) is 4.17. The third-order valence-corrected chi connectivity index (χ3v) is 3.08. The summed E-state index contributed by atoms with van der Waals surface area (Å²) in [4.78, 5) is 4.48. The summed E-state index contributed by atoms with van der Waals surface area (Å²) in [5.41, 5.74) is 3.50. The highest BCUT2D eigenvalue weighted by molar-refractivity contribution is 5.97. The molecule has 0 aliphatic heterocycles. The lowest BCUT2D eigenvalue weighted by Gasteiger charge is -2.08. The highest BCUT2D eigenvalue weighted by Crippen LogP contribution is 2.28. The number of pyridine rings is 1. The van der Waals surface area contributed by atoms with Gasteiger partial charge in [0, 0.05) is 22.8 Å². The van der Waals surface area contributed by atoms with Gasteiger partial charge in [-0.3, -0.25) is 4.98 Å². The van der Waals surface area contributed by atoms with E-state index in [-0.39, 0.29) is 0 Å². The van der Waals surface area contributed by atoms with Gasteiger partial charge in [0.25, 0.3) is 0 Å². The number of fused-ring (bicyclic) bond motifs is 1. The van der Waals surface area contributed by atoms with Crippen LogP contribution in [0.2, 0.25) is 0 Å². The lowest BCUT2D eigenvalue weighted by atomic mass is 10.00. The monoisotopic (exact) mass is 249 g/mol. The number of benzene rings is 2. The molecule has 0 saturated heterocycles. The van der Waals surface area contributed by atoms with Crippen molar-refractivity contribution in [3.63, 3.8) is 0 Å². The van der Waals surface area contributed by atoms with Crippen LogP contribution < -0.4 is 0 Å². The molecule has 2 aromatic carbocycles. The Labute approximate surface area is 114 Å². The molecule has 0 N–H and O–H groups in total. The molecule has 96 valence electrons. The van der Waals surface area contributed by atoms with Crippen LogP contribution in [0.15, 0.2) is 60.8 Å². The summed E-state index contributed by atoms with van der Waals surface area (Å²) >= 11 is 0. The van der Waals surface area contributed by atoms with E-state index in [9.17, 15) is 0 Å². The Morgan fingerprint density at radius 1 is 0.737 bits per heavy atom. The summed E-state index contributed by atoms with van der Waals surface area (Å²) in [5, 5.41) is 2.50. The van der Waals surface area contributed by atoms with Crippen LogP contribution in [-0.4, -0.2) is 4.98 Å². The van der Waals surface area contributed by atoms with E-state index in [1.165, 1.54) is 21.9 Å². The average Bonchev–Trinajstić information content (AvgIpc) is 2.51. The Morgan fingerprint density at radius 2 is 1.32 bits per heavy atom. The van der Waals surface area contributed by atoms with Gasteiger partial charge >= 0.3 is 0 Å². The van der Waals surface area contributed by atoms with Crippen LogP contribution in [0, 0.1) is 6.92 Å². The minimum Gasteiger partial charge on any atom is -0.260 e.